The zero-order valence-corrected chi connectivity index (χ0v) is 10.4. The molecule has 18 heavy (non-hydrogen) atoms. The third-order valence-corrected chi connectivity index (χ3v) is 2.53. The molecule has 1 aromatic carbocycles. The summed E-state index contributed by atoms with van der Waals surface area (Å²) in [5, 5.41) is 3.15. The van der Waals surface area contributed by atoms with Crippen molar-refractivity contribution in [3.05, 3.63) is 41.7 Å². The van der Waals surface area contributed by atoms with Crippen molar-refractivity contribution in [2.45, 2.75) is 19.8 Å². The van der Waals surface area contributed by atoms with E-state index < -0.39 is 0 Å². The van der Waals surface area contributed by atoms with Gasteiger partial charge in [-0.25, -0.2) is 0 Å². The van der Waals surface area contributed by atoms with Crippen LogP contribution in [0.2, 0.25) is 0 Å². The molecule has 1 aromatic heterocycles. The number of hydrogen-bond donors (Lipinski definition) is 2. The first kappa shape index (κ1) is 12.3. The maximum atomic E-state index is 5.55. The predicted molar refractivity (Wildman–Crippen MR) is 72.2 cm³/mol. The molecule has 0 bridgehead atoms. The Morgan fingerprint density at radius 1 is 1.11 bits per heavy atom. The van der Waals surface area contributed by atoms with Gasteiger partial charge in [-0.2, -0.15) is 15.0 Å². The van der Waals surface area contributed by atoms with Gasteiger partial charge in [0.2, 0.25) is 11.9 Å². The molecule has 94 valence electrons. The van der Waals surface area contributed by atoms with Crippen molar-refractivity contribution in [2.24, 2.45) is 0 Å². The maximum Gasteiger partial charge on any atom is 0.227 e. The number of benzene rings is 1. The zero-order chi connectivity index (χ0) is 12.8. The molecule has 0 radical (unpaired) electrons. The second-order valence-corrected chi connectivity index (χ2v) is 4.08. The molecule has 1 heterocycles. The van der Waals surface area contributed by atoms with Gasteiger partial charge in [-0.15, -0.1) is 0 Å². The summed E-state index contributed by atoms with van der Waals surface area (Å²) in [6, 6.07) is 10.4. The molecule has 0 saturated carbocycles. The number of aromatic nitrogens is 3. The van der Waals surface area contributed by atoms with Crippen LogP contribution in [0, 0.1) is 6.92 Å². The number of aryl methyl sites for hydroxylation is 2. The highest BCUT2D eigenvalue weighted by atomic mass is 15.2. The first-order chi connectivity index (χ1) is 8.74. The van der Waals surface area contributed by atoms with E-state index in [1.54, 1.807) is 6.92 Å². The van der Waals surface area contributed by atoms with Gasteiger partial charge in [0.1, 0.15) is 5.82 Å². The number of hydrogen-bond acceptors (Lipinski definition) is 5. The number of nitrogen functional groups attached to an aromatic ring is 1. The lowest BCUT2D eigenvalue weighted by molar-refractivity contribution is 0.847. The average molecular weight is 243 g/mol. The molecular weight excluding hydrogens is 226 g/mol. The van der Waals surface area contributed by atoms with E-state index in [1.165, 1.54) is 5.56 Å². The Balaban J connectivity index is 1.78. The lowest BCUT2D eigenvalue weighted by Gasteiger charge is -2.05. The van der Waals surface area contributed by atoms with Crippen molar-refractivity contribution >= 4 is 11.9 Å². The fourth-order valence-electron chi connectivity index (χ4n) is 1.72. The summed E-state index contributed by atoms with van der Waals surface area (Å²) in [6.45, 7) is 2.62. The molecule has 3 N–H and O–H groups in total. The van der Waals surface area contributed by atoms with Gasteiger partial charge < -0.3 is 11.1 Å². The van der Waals surface area contributed by atoms with E-state index in [-0.39, 0.29) is 5.95 Å². The number of rotatable bonds is 5. The number of nitrogens with zero attached hydrogens (tertiary/aromatic N) is 3. The quantitative estimate of drug-likeness (QED) is 0.783. The molecule has 0 unspecified atom stereocenters. The Hall–Kier alpha value is -2.17. The molecule has 5 heteroatoms. The van der Waals surface area contributed by atoms with Crippen molar-refractivity contribution in [3.8, 4) is 0 Å². The minimum atomic E-state index is 0.257. The Labute approximate surface area is 106 Å². The van der Waals surface area contributed by atoms with Crippen LogP contribution in [-0.4, -0.2) is 21.5 Å². The van der Waals surface area contributed by atoms with Crippen molar-refractivity contribution in [1.82, 2.24) is 15.0 Å². The third-order valence-electron chi connectivity index (χ3n) is 2.53. The minimum absolute atomic E-state index is 0.257. The van der Waals surface area contributed by atoms with Crippen LogP contribution in [0.3, 0.4) is 0 Å². The van der Waals surface area contributed by atoms with Crippen LogP contribution in [0.15, 0.2) is 30.3 Å². The van der Waals surface area contributed by atoms with Crippen LogP contribution < -0.4 is 11.1 Å². The lowest BCUT2D eigenvalue weighted by atomic mass is 10.1. The van der Waals surface area contributed by atoms with E-state index in [0.717, 1.165) is 19.4 Å². The number of anilines is 2. The van der Waals surface area contributed by atoms with Crippen molar-refractivity contribution in [1.29, 1.82) is 0 Å². The normalized spacial score (nSPS) is 10.3. The summed E-state index contributed by atoms with van der Waals surface area (Å²) in [4.78, 5) is 12.1. The second kappa shape index (κ2) is 5.95. The van der Waals surface area contributed by atoms with Crippen molar-refractivity contribution < 1.29 is 0 Å². The fraction of sp³-hybridized carbons (Fsp3) is 0.308. The molecule has 0 aliphatic carbocycles. The predicted octanol–water partition coefficient (Wildman–Crippen LogP) is 1.81. The molecule has 0 aliphatic rings. The molecule has 0 saturated heterocycles. The van der Waals surface area contributed by atoms with Gasteiger partial charge in [0.25, 0.3) is 0 Å². The van der Waals surface area contributed by atoms with E-state index in [1.807, 2.05) is 6.07 Å². The van der Waals surface area contributed by atoms with Crippen LogP contribution in [0.25, 0.3) is 0 Å². The van der Waals surface area contributed by atoms with E-state index in [9.17, 15) is 0 Å². The van der Waals surface area contributed by atoms with Crippen LogP contribution in [-0.2, 0) is 6.42 Å². The Morgan fingerprint density at radius 2 is 1.89 bits per heavy atom. The van der Waals surface area contributed by atoms with Crippen LogP contribution >= 0.6 is 0 Å². The molecule has 2 rings (SSSR count). The first-order valence-electron chi connectivity index (χ1n) is 6.00. The standard InChI is InChI=1S/C13H17N5/c1-10-16-12(14)18-13(17-10)15-9-5-8-11-6-3-2-4-7-11/h2-4,6-7H,5,8-9H2,1H3,(H3,14,15,16,17,18). The molecule has 0 atom stereocenters. The molecule has 0 fully saturated rings. The molecule has 0 spiro atoms. The van der Waals surface area contributed by atoms with Gasteiger partial charge in [-0.05, 0) is 25.3 Å². The largest absolute Gasteiger partial charge is 0.368 e. The molecule has 0 aliphatic heterocycles. The molecule has 0 amide bonds. The highest BCUT2D eigenvalue weighted by Gasteiger charge is 2.00. The Kier molecular flexibility index (Phi) is 4.06. The number of nitrogens with two attached hydrogens (primary N) is 1. The van der Waals surface area contributed by atoms with Gasteiger partial charge in [0.15, 0.2) is 0 Å². The van der Waals surface area contributed by atoms with E-state index in [2.05, 4.69) is 44.5 Å². The van der Waals surface area contributed by atoms with E-state index in [4.69, 9.17) is 5.73 Å². The summed E-state index contributed by atoms with van der Waals surface area (Å²) >= 11 is 0. The molecule has 5 nitrogen and oxygen atoms in total. The third kappa shape index (κ3) is 3.69. The summed E-state index contributed by atoms with van der Waals surface area (Å²) in [5.41, 5.74) is 6.89. The van der Waals surface area contributed by atoms with E-state index >= 15 is 0 Å². The van der Waals surface area contributed by atoms with E-state index in [0.29, 0.717) is 11.8 Å². The second-order valence-electron chi connectivity index (χ2n) is 4.08. The van der Waals surface area contributed by atoms with Gasteiger partial charge >= 0.3 is 0 Å². The summed E-state index contributed by atoms with van der Waals surface area (Å²) in [5.74, 6) is 1.44. The van der Waals surface area contributed by atoms with Gasteiger partial charge in [-0.1, -0.05) is 30.3 Å². The Morgan fingerprint density at radius 3 is 2.61 bits per heavy atom. The van der Waals surface area contributed by atoms with Crippen LogP contribution in [0.1, 0.15) is 17.8 Å². The fourth-order valence-corrected chi connectivity index (χ4v) is 1.72. The zero-order valence-electron chi connectivity index (χ0n) is 10.4. The lowest BCUT2D eigenvalue weighted by Crippen LogP contribution is -2.09. The maximum absolute atomic E-state index is 5.55. The minimum Gasteiger partial charge on any atom is -0.368 e. The summed E-state index contributed by atoms with van der Waals surface area (Å²) < 4.78 is 0. The van der Waals surface area contributed by atoms with Gasteiger partial charge in [0, 0.05) is 6.54 Å². The summed E-state index contributed by atoms with van der Waals surface area (Å²) in [7, 11) is 0. The highest BCUT2D eigenvalue weighted by molar-refractivity contribution is 5.30. The van der Waals surface area contributed by atoms with Crippen molar-refractivity contribution in [3.63, 3.8) is 0 Å². The van der Waals surface area contributed by atoms with Crippen molar-refractivity contribution in [2.75, 3.05) is 17.6 Å². The topological polar surface area (TPSA) is 76.7 Å². The van der Waals surface area contributed by atoms with Gasteiger partial charge in [-0.3, -0.25) is 0 Å². The number of nitrogens with one attached hydrogen (secondary N) is 1. The van der Waals surface area contributed by atoms with Crippen LogP contribution in [0.4, 0.5) is 11.9 Å². The highest BCUT2D eigenvalue weighted by Crippen LogP contribution is 2.04. The molecule has 2 aromatic rings. The monoisotopic (exact) mass is 243 g/mol. The van der Waals surface area contributed by atoms with Gasteiger partial charge in [0.05, 0.1) is 0 Å². The SMILES string of the molecule is Cc1nc(N)nc(NCCCc2ccccc2)n1. The average Bonchev–Trinajstić information content (AvgIpc) is 2.35. The summed E-state index contributed by atoms with van der Waals surface area (Å²) in [6.07, 6.45) is 2.06. The Bertz CT molecular complexity index is 478. The first-order valence-corrected chi connectivity index (χ1v) is 6.00. The van der Waals surface area contributed by atoms with Crippen LogP contribution in [0.5, 0.6) is 0 Å². The molecular formula is C13H17N5. The smallest absolute Gasteiger partial charge is 0.227 e.